The van der Waals surface area contributed by atoms with E-state index in [0.717, 1.165) is 148 Å². The van der Waals surface area contributed by atoms with Gasteiger partial charge in [-0.1, -0.05) is 309 Å². The molecule has 0 aromatic carbocycles. The smallest absolute Gasteiger partial charge is 0.306 e. The van der Waals surface area contributed by atoms with Crippen molar-refractivity contribution in [1.29, 1.82) is 0 Å². The molecule has 0 spiro atoms. The normalized spacial score (nSPS) is 12.9. The van der Waals surface area contributed by atoms with E-state index in [1.165, 1.54) is 135 Å². The van der Waals surface area contributed by atoms with Crippen molar-refractivity contribution in [3.63, 3.8) is 0 Å². The van der Waals surface area contributed by atoms with Gasteiger partial charge in [0.1, 0.15) is 13.2 Å². The number of esters is 3. The van der Waals surface area contributed by atoms with Gasteiger partial charge in [0.05, 0.1) is 0 Å². The lowest BCUT2D eigenvalue weighted by Gasteiger charge is -2.18. The zero-order valence-corrected chi connectivity index (χ0v) is 53.7. The Bertz CT molecular complexity index is 1690. The monoisotopic (exact) mass is 1140 g/mol. The van der Waals surface area contributed by atoms with E-state index >= 15 is 0 Å². The summed E-state index contributed by atoms with van der Waals surface area (Å²) in [7, 11) is 0. The topological polar surface area (TPSA) is 78.9 Å². The molecule has 0 saturated carbocycles. The molecular formula is C76H128O6. The van der Waals surface area contributed by atoms with Crippen LogP contribution in [-0.4, -0.2) is 37.2 Å². The number of allylic oxidation sites excluding steroid dienone is 20. The number of hydrogen-bond acceptors (Lipinski definition) is 6. The Morgan fingerprint density at radius 3 is 0.768 bits per heavy atom. The quantitative estimate of drug-likeness (QED) is 0.0261. The van der Waals surface area contributed by atoms with Crippen LogP contribution in [0.5, 0.6) is 0 Å². The first-order valence-corrected chi connectivity index (χ1v) is 34.5. The minimum Gasteiger partial charge on any atom is -0.462 e. The van der Waals surface area contributed by atoms with Crippen LogP contribution in [0.3, 0.4) is 0 Å². The molecular weight excluding hydrogens is 1010 g/mol. The van der Waals surface area contributed by atoms with Crippen LogP contribution in [0, 0.1) is 0 Å². The molecule has 0 fully saturated rings. The zero-order chi connectivity index (χ0) is 59.2. The summed E-state index contributed by atoms with van der Waals surface area (Å²) >= 11 is 0. The summed E-state index contributed by atoms with van der Waals surface area (Å²) in [5.41, 5.74) is 0. The maximum Gasteiger partial charge on any atom is 0.306 e. The van der Waals surface area contributed by atoms with Crippen LogP contribution >= 0.6 is 0 Å². The van der Waals surface area contributed by atoms with Crippen molar-refractivity contribution >= 4 is 17.9 Å². The van der Waals surface area contributed by atoms with Crippen LogP contribution in [0.1, 0.15) is 323 Å². The second-order valence-electron chi connectivity index (χ2n) is 22.7. The predicted molar refractivity (Wildman–Crippen MR) is 357 cm³/mol. The highest BCUT2D eigenvalue weighted by atomic mass is 16.6. The second-order valence-corrected chi connectivity index (χ2v) is 22.7. The van der Waals surface area contributed by atoms with E-state index in [2.05, 4.69) is 142 Å². The summed E-state index contributed by atoms with van der Waals surface area (Å²) in [5.74, 6) is -0.911. The lowest BCUT2D eigenvalue weighted by Crippen LogP contribution is -2.30. The van der Waals surface area contributed by atoms with E-state index in [-0.39, 0.29) is 31.1 Å². The highest BCUT2D eigenvalue weighted by molar-refractivity contribution is 5.71. The van der Waals surface area contributed by atoms with Gasteiger partial charge in [0, 0.05) is 19.3 Å². The molecule has 0 aliphatic rings. The zero-order valence-electron chi connectivity index (χ0n) is 53.7. The van der Waals surface area contributed by atoms with Gasteiger partial charge >= 0.3 is 17.9 Å². The number of ether oxygens (including phenoxy) is 3. The summed E-state index contributed by atoms with van der Waals surface area (Å²) in [4.78, 5) is 38.5. The van der Waals surface area contributed by atoms with Crippen molar-refractivity contribution in [3.05, 3.63) is 122 Å². The number of carbonyl (C=O) groups excluding carboxylic acids is 3. The molecule has 82 heavy (non-hydrogen) atoms. The SMILES string of the molecule is CC/C=C\C/C=C\C/C=C\C/C=C\C/C=C\C/C=C\C/C=C\CCCCCCCC(=O)OCC(COC(=O)CCCCCCCCCCCCCCCCCCCC)OC(=O)CCCCCCCC/C=C\C/C=C\C/C=C\CCCCC. The molecule has 0 bridgehead atoms. The number of hydrogen-bond donors (Lipinski definition) is 0. The third kappa shape index (κ3) is 66.6. The number of carbonyl (C=O) groups is 3. The first kappa shape index (κ1) is 77.8. The lowest BCUT2D eigenvalue weighted by atomic mass is 10.0. The summed E-state index contributed by atoms with van der Waals surface area (Å²) in [5, 5.41) is 0. The van der Waals surface area contributed by atoms with E-state index < -0.39 is 6.10 Å². The van der Waals surface area contributed by atoms with Crippen LogP contribution in [0.25, 0.3) is 0 Å². The van der Waals surface area contributed by atoms with Gasteiger partial charge in [0.15, 0.2) is 6.10 Å². The third-order valence-electron chi connectivity index (χ3n) is 14.7. The highest BCUT2D eigenvalue weighted by Crippen LogP contribution is 2.17. The molecule has 0 aliphatic heterocycles. The van der Waals surface area contributed by atoms with Gasteiger partial charge in [-0.3, -0.25) is 14.4 Å². The Morgan fingerprint density at radius 2 is 0.476 bits per heavy atom. The van der Waals surface area contributed by atoms with Crippen molar-refractivity contribution in [2.24, 2.45) is 0 Å². The maximum atomic E-state index is 12.9. The van der Waals surface area contributed by atoms with Gasteiger partial charge < -0.3 is 14.2 Å². The van der Waals surface area contributed by atoms with Gasteiger partial charge in [-0.05, 0) is 116 Å². The van der Waals surface area contributed by atoms with Gasteiger partial charge in [0.25, 0.3) is 0 Å². The van der Waals surface area contributed by atoms with E-state index in [9.17, 15) is 14.4 Å². The molecule has 0 N–H and O–H groups in total. The molecule has 0 aliphatic carbocycles. The van der Waals surface area contributed by atoms with Gasteiger partial charge in [0.2, 0.25) is 0 Å². The number of rotatable bonds is 62. The van der Waals surface area contributed by atoms with E-state index in [1.807, 2.05) is 0 Å². The Morgan fingerprint density at radius 1 is 0.256 bits per heavy atom. The summed E-state index contributed by atoms with van der Waals surface area (Å²) in [6.07, 6.45) is 96.3. The minimum atomic E-state index is -0.797. The van der Waals surface area contributed by atoms with Crippen molar-refractivity contribution in [3.8, 4) is 0 Å². The standard InChI is InChI=1S/C76H128O6/c1-4-7-10-13-16-19-22-25-28-31-34-35-36-37-38-39-40-41-43-45-48-51-54-57-60-63-66-69-75(78)81-72-73(71-80-74(77)68-65-62-59-56-53-50-47-44-33-30-27-24-21-18-15-12-9-6-3)82-76(79)70-67-64-61-58-55-52-49-46-42-32-29-26-23-20-17-14-11-8-5-2/h7,10,16-17,19-20,25-26,28-29,34-35,37-38,40-42,45-46,48,73H,4-6,8-9,11-15,18,21-24,27,30-33,36,39,43-44,47,49-72H2,1-3H3/b10-7-,19-16-,20-17-,28-25-,29-26-,35-34-,38-37-,41-40-,46-42-,48-45-. The molecule has 6 heteroatoms. The van der Waals surface area contributed by atoms with Crippen LogP contribution in [0.2, 0.25) is 0 Å². The predicted octanol–water partition coefficient (Wildman–Crippen LogP) is 23.9. The fourth-order valence-electron chi connectivity index (χ4n) is 9.55. The van der Waals surface area contributed by atoms with E-state index in [1.54, 1.807) is 0 Å². The van der Waals surface area contributed by atoms with Crippen LogP contribution in [0.4, 0.5) is 0 Å². The summed E-state index contributed by atoms with van der Waals surface area (Å²) in [6.45, 7) is 6.51. The van der Waals surface area contributed by atoms with E-state index in [4.69, 9.17) is 14.2 Å². The van der Waals surface area contributed by atoms with Crippen molar-refractivity contribution in [1.82, 2.24) is 0 Å². The largest absolute Gasteiger partial charge is 0.462 e. The molecule has 0 aromatic heterocycles. The summed E-state index contributed by atoms with van der Waals surface area (Å²) in [6, 6.07) is 0. The third-order valence-corrected chi connectivity index (χ3v) is 14.7. The average molecular weight is 1140 g/mol. The first-order valence-electron chi connectivity index (χ1n) is 34.5. The van der Waals surface area contributed by atoms with Crippen molar-refractivity contribution in [2.45, 2.75) is 329 Å². The van der Waals surface area contributed by atoms with E-state index in [0.29, 0.717) is 19.3 Å². The molecule has 0 radical (unpaired) electrons. The molecule has 468 valence electrons. The number of unbranched alkanes of at least 4 members (excludes halogenated alkanes) is 31. The minimum absolute atomic E-state index is 0.0893. The first-order chi connectivity index (χ1) is 40.5. The maximum absolute atomic E-state index is 12.9. The Balaban J connectivity index is 4.43. The Kier molecular flexibility index (Phi) is 65.8. The molecule has 0 saturated heterocycles. The lowest BCUT2D eigenvalue weighted by molar-refractivity contribution is -0.167. The van der Waals surface area contributed by atoms with Crippen LogP contribution in [-0.2, 0) is 28.6 Å². The fourth-order valence-corrected chi connectivity index (χ4v) is 9.55. The van der Waals surface area contributed by atoms with Crippen LogP contribution < -0.4 is 0 Å². The van der Waals surface area contributed by atoms with Gasteiger partial charge in [-0.25, -0.2) is 0 Å². The molecule has 1 unspecified atom stereocenters. The summed E-state index contributed by atoms with van der Waals surface area (Å²) < 4.78 is 17.0. The van der Waals surface area contributed by atoms with Crippen LogP contribution in [0.15, 0.2) is 122 Å². The van der Waals surface area contributed by atoms with Crippen molar-refractivity contribution < 1.29 is 28.6 Å². The molecule has 6 nitrogen and oxygen atoms in total. The fraction of sp³-hybridized carbons (Fsp3) is 0.697. The Hall–Kier alpha value is -4.19. The molecule has 0 rings (SSSR count). The highest BCUT2D eigenvalue weighted by Gasteiger charge is 2.19. The van der Waals surface area contributed by atoms with Crippen molar-refractivity contribution in [2.75, 3.05) is 13.2 Å². The van der Waals surface area contributed by atoms with Gasteiger partial charge in [-0.2, -0.15) is 0 Å². The molecule has 1 atom stereocenters. The second kappa shape index (κ2) is 69.3. The molecule has 0 aromatic rings. The molecule has 0 heterocycles. The molecule has 0 amide bonds. The van der Waals surface area contributed by atoms with Gasteiger partial charge in [-0.15, -0.1) is 0 Å². The average Bonchev–Trinajstić information content (AvgIpc) is 3.47. The Labute approximate surface area is 507 Å².